The van der Waals surface area contributed by atoms with Crippen LogP contribution < -0.4 is 5.73 Å². The molecule has 0 spiro atoms. The van der Waals surface area contributed by atoms with E-state index >= 15 is 0 Å². The van der Waals surface area contributed by atoms with Gasteiger partial charge in [-0.05, 0) is 56.2 Å². The van der Waals surface area contributed by atoms with Gasteiger partial charge in [0.05, 0.1) is 5.92 Å². The van der Waals surface area contributed by atoms with Crippen molar-refractivity contribution in [3.8, 4) is 0 Å². The predicted octanol–water partition coefficient (Wildman–Crippen LogP) is 3.80. The van der Waals surface area contributed by atoms with Crippen molar-refractivity contribution in [1.29, 1.82) is 0 Å². The average Bonchev–Trinajstić information content (AvgIpc) is 2.53. The molecule has 3 heteroatoms. The van der Waals surface area contributed by atoms with E-state index in [0.717, 1.165) is 30.0 Å². The van der Waals surface area contributed by atoms with E-state index in [1.54, 1.807) is 0 Å². The number of carbonyl (C=O) groups excluding carboxylic acids is 1. The van der Waals surface area contributed by atoms with Crippen LogP contribution in [0, 0.1) is 5.92 Å². The predicted molar refractivity (Wildman–Crippen MR) is 88.1 cm³/mol. The molecule has 1 unspecified atom stereocenters. The molecule has 1 aromatic rings. The lowest BCUT2D eigenvalue weighted by Crippen LogP contribution is -2.41. The molecule has 1 aliphatic rings. The first kappa shape index (κ1) is 15.9. The van der Waals surface area contributed by atoms with E-state index in [0.29, 0.717) is 6.04 Å². The molecule has 1 aromatic carbocycles. The number of nitrogens with zero attached hydrogens (tertiary/aromatic N) is 1. The Balaban J connectivity index is 1.99. The van der Waals surface area contributed by atoms with Crippen molar-refractivity contribution in [3.63, 3.8) is 0 Å². The molecule has 0 radical (unpaired) electrons. The highest BCUT2D eigenvalue weighted by molar-refractivity contribution is 5.83. The largest absolute Gasteiger partial charge is 0.399 e. The van der Waals surface area contributed by atoms with Crippen LogP contribution >= 0.6 is 0 Å². The first-order valence-electron chi connectivity index (χ1n) is 8.15. The van der Waals surface area contributed by atoms with Crippen molar-refractivity contribution in [2.75, 3.05) is 12.8 Å². The summed E-state index contributed by atoms with van der Waals surface area (Å²) in [4.78, 5) is 14.7. The van der Waals surface area contributed by atoms with Crippen LogP contribution in [0.2, 0.25) is 0 Å². The molecule has 1 atom stereocenters. The van der Waals surface area contributed by atoms with Crippen LogP contribution in [-0.2, 0) is 4.79 Å². The Morgan fingerprint density at radius 2 is 2.00 bits per heavy atom. The van der Waals surface area contributed by atoms with Crippen molar-refractivity contribution in [1.82, 2.24) is 4.90 Å². The maximum absolute atomic E-state index is 12.7. The molecule has 0 saturated heterocycles. The van der Waals surface area contributed by atoms with E-state index < -0.39 is 0 Å². The summed E-state index contributed by atoms with van der Waals surface area (Å²) < 4.78 is 0. The molecule has 0 bridgehead atoms. The number of anilines is 1. The van der Waals surface area contributed by atoms with E-state index in [9.17, 15) is 4.79 Å². The second-order valence-electron chi connectivity index (χ2n) is 6.42. The molecule has 21 heavy (non-hydrogen) atoms. The number of benzene rings is 1. The molecule has 2 N–H and O–H groups in total. The van der Waals surface area contributed by atoms with Crippen molar-refractivity contribution in [3.05, 3.63) is 29.8 Å². The SMILES string of the molecule is CCC1CCC(N(C)C(=O)C(C)c2cccc(N)c2)CC1. The fourth-order valence-corrected chi connectivity index (χ4v) is 3.40. The molecule has 0 heterocycles. The van der Waals surface area contributed by atoms with Gasteiger partial charge in [0.25, 0.3) is 0 Å². The Kier molecular flexibility index (Phi) is 5.27. The Bertz CT molecular complexity index is 478. The Morgan fingerprint density at radius 1 is 1.33 bits per heavy atom. The van der Waals surface area contributed by atoms with Gasteiger partial charge < -0.3 is 10.6 Å². The lowest BCUT2D eigenvalue weighted by atomic mass is 9.83. The number of carbonyl (C=O) groups is 1. The van der Waals surface area contributed by atoms with Gasteiger partial charge in [-0.3, -0.25) is 4.79 Å². The summed E-state index contributed by atoms with van der Waals surface area (Å²) in [5, 5.41) is 0. The summed E-state index contributed by atoms with van der Waals surface area (Å²) in [5.41, 5.74) is 7.55. The minimum absolute atomic E-state index is 0.123. The number of hydrogen-bond acceptors (Lipinski definition) is 2. The number of likely N-dealkylation sites (N-methyl/N-ethyl adjacent to an activating group) is 1. The molecule has 1 saturated carbocycles. The summed E-state index contributed by atoms with van der Waals surface area (Å²) in [6.07, 6.45) is 6.07. The van der Waals surface area contributed by atoms with Gasteiger partial charge in [-0.2, -0.15) is 0 Å². The summed E-state index contributed by atoms with van der Waals surface area (Å²) in [7, 11) is 1.96. The zero-order valence-corrected chi connectivity index (χ0v) is 13.5. The van der Waals surface area contributed by atoms with Crippen molar-refractivity contribution in [2.45, 2.75) is 57.9 Å². The maximum atomic E-state index is 12.7. The highest BCUT2D eigenvalue weighted by atomic mass is 16.2. The van der Waals surface area contributed by atoms with E-state index in [4.69, 9.17) is 5.73 Å². The molecule has 0 aliphatic heterocycles. The molecule has 0 aromatic heterocycles. The van der Waals surface area contributed by atoms with Crippen molar-refractivity contribution >= 4 is 11.6 Å². The number of nitrogens with two attached hydrogens (primary N) is 1. The first-order valence-corrected chi connectivity index (χ1v) is 8.15. The quantitative estimate of drug-likeness (QED) is 0.857. The highest BCUT2D eigenvalue weighted by Crippen LogP contribution is 2.30. The standard InChI is InChI=1S/C18H28N2O/c1-4-14-8-10-17(11-9-14)20(3)18(21)13(2)15-6-5-7-16(19)12-15/h5-7,12-14,17H,4,8-11,19H2,1-3H3. The third kappa shape index (κ3) is 3.78. The van der Waals surface area contributed by atoms with Crippen LogP contribution in [0.5, 0.6) is 0 Å². The van der Waals surface area contributed by atoms with Gasteiger partial charge in [0.1, 0.15) is 0 Å². The van der Waals surface area contributed by atoms with Gasteiger partial charge in [-0.15, -0.1) is 0 Å². The second-order valence-corrected chi connectivity index (χ2v) is 6.42. The lowest BCUT2D eigenvalue weighted by molar-refractivity contribution is -0.134. The van der Waals surface area contributed by atoms with Crippen LogP contribution in [0.3, 0.4) is 0 Å². The lowest BCUT2D eigenvalue weighted by Gasteiger charge is -2.35. The molecule has 1 amide bonds. The highest BCUT2D eigenvalue weighted by Gasteiger charge is 2.28. The third-order valence-corrected chi connectivity index (χ3v) is 5.07. The zero-order chi connectivity index (χ0) is 15.4. The van der Waals surface area contributed by atoms with E-state index in [-0.39, 0.29) is 11.8 Å². The monoisotopic (exact) mass is 288 g/mol. The summed E-state index contributed by atoms with van der Waals surface area (Å²) in [6, 6.07) is 8.08. The summed E-state index contributed by atoms with van der Waals surface area (Å²) in [5.74, 6) is 0.944. The maximum Gasteiger partial charge on any atom is 0.229 e. The van der Waals surface area contributed by atoms with Crippen molar-refractivity contribution in [2.24, 2.45) is 5.92 Å². The Hall–Kier alpha value is -1.51. The summed E-state index contributed by atoms with van der Waals surface area (Å²) >= 11 is 0. The second kappa shape index (κ2) is 6.97. The Morgan fingerprint density at radius 3 is 2.57 bits per heavy atom. The summed E-state index contributed by atoms with van der Waals surface area (Å²) in [6.45, 7) is 4.24. The van der Waals surface area contributed by atoms with Gasteiger partial charge in [-0.25, -0.2) is 0 Å². The van der Waals surface area contributed by atoms with Crippen LogP contribution in [0.1, 0.15) is 57.4 Å². The van der Waals surface area contributed by atoms with Gasteiger partial charge in [0.15, 0.2) is 0 Å². The van der Waals surface area contributed by atoms with Crippen LogP contribution in [-0.4, -0.2) is 23.9 Å². The third-order valence-electron chi connectivity index (χ3n) is 5.07. The van der Waals surface area contributed by atoms with Gasteiger partial charge in [-0.1, -0.05) is 25.5 Å². The molecule has 2 rings (SSSR count). The smallest absolute Gasteiger partial charge is 0.229 e. The number of rotatable bonds is 4. The minimum atomic E-state index is -0.123. The molecular weight excluding hydrogens is 260 g/mol. The average molecular weight is 288 g/mol. The van der Waals surface area contributed by atoms with E-state index in [2.05, 4.69) is 6.92 Å². The topological polar surface area (TPSA) is 46.3 Å². The fourth-order valence-electron chi connectivity index (χ4n) is 3.40. The van der Waals surface area contributed by atoms with E-state index in [1.165, 1.54) is 19.3 Å². The number of hydrogen-bond donors (Lipinski definition) is 1. The Labute approximate surface area is 128 Å². The van der Waals surface area contributed by atoms with Crippen LogP contribution in [0.4, 0.5) is 5.69 Å². The molecule has 1 aliphatic carbocycles. The normalized spacial score (nSPS) is 23.6. The van der Waals surface area contributed by atoms with Gasteiger partial charge in [0, 0.05) is 18.8 Å². The molecular formula is C18H28N2O. The number of amides is 1. The van der Waals surface area contributed by atoms with Gasteiger partial charge >= 0.3 is 0 Å². The molecule has 3 nitrogen and oxygen atoms in total. The van der Waals surface area contributed by atoms with Gasteiger partial charge in [0.2, 0.25) is 5.91 Å². The minimum Gasteiger partial charge on any atom is -0.399 e. The van der Waals surface area contributed by atoms with Crippen LogP contribution in [0.15, 0.2) is 24.3 Å². The molecule has 116 valence electrons. The fraction of sp³-hybridized carbons (Fsp3) is 0.611. The van der Waals surface area contributed by atoms with Crippen LogP contribution in [0.25, 0.3) is 0 Å². The zero-order valence-electron chi connectivity index (χ0n) is 13.5. The first-order chi connectivity index (χ1) is 10.0. The van der Waals surface area contributed by atoms with E-state index in [1.807, 2.05) is 43.1 Å². The molecule has 1 fully saturated rings. The number of nitrogen functional groups attached to an aromatic ring is 1. The van der Waals surface area contributed by atoms with Crippen molar-refractivity contribution < 1.29 is 4.79 Å².